The third kappa shape index (κ3) is 1.11. The smallest absolute Gasteiger partial charge is 0.231 e. The van der Waals surface area contributed by atoms with Crippen molar-refractivity contribution >= 4 is 6.21 Å². The number of hydrogen-bond donors (Lipinski definition) is 1. The van der Waals surface area contributed by atoms with Crippen LogP contribution in [-0.2, 0) is 0 Å². The van der Waals surface area contributed by atoms with Crippen LogP contribution < -0.4 is 14.9 Å². The van der Waals surface area contributed by atoms with E-state index in [1.54, 1.807) is 0 Å². The average molecular weight is 190 g/mol. The van der Waals surface area contributed by atoms with Gasteiger partial charge in [-0.15, -0.1) is 0 Å². The van der Waals surface area contributed by atoms with Gasteiger partial charge in [-0.3, -0.25) is 0 Å². The summed E-state index contributed by atoms with van der Waals surface area (Å²) in [5.41, 5.74) is 4.22. The van der Waals surface area contributed by atoms with Crippen molar-refractivity contribution in [2.45, 2.75) is 12.5 Å². The molecule has 3 rings (SSSR count). The number of hydrogen-bond acceptors (Lipinski definition) is 4. The van der Waals surface area contributed by atoms with Crippen LogP contribution in [0, 0.1) is 0 Å². The molecule has 4 heteroatoms. The summed E-state index contributed by atoms with van der Waals surface area (Å²) in [5.74, 6) is 1.66. The molecule has 2 heterocycles. The number of rotatable bonds is 1. The lowest BCUT2D eigenvalue weighted by Crippen LogP contribution is -2.09. The predicted octanol–water partition coefficient (Wildman–Crippen LogP) is 1.44. The van der Waals surface area contributed by atoms with Gasteiger partial charge in [-0.25, -0.2) is 0 Å². The van der Waals surface area contributed by atoms with Gasteiger partial charge in [-0.2, -0.15) is 5.10 Å². The Balaban J connectivity index is 1.92. The zero-order chi connectivity index (χ0) is 9.38. The lowest BCUT2D eigenvalue weighted by atomic mass is 10.1. The summed E-state index contributed by atoms with van der Waals surface area (Å²) in [7, 11) is 0. The van der Waals surface area contributed by atoms with E-state index in [0.29, 0.717) is 6.79 Å². The molecule has 0 aliphatic carbocycles. The molecule has 1 unspecified atom stereocenters. The van der Waals surface area contributed by atoms with Crippen molar-refractivity contribution in [2.75, 3.05) is 6.79 Å². The van der Waals surface area contributed by atoms with Crippen LogP contribution >= 0.6 is 0 Å². The normalized spacial score (nSPS) is 22.4. The van der Waals surface area contributed by atoms with Crippen LogP contribution in [0.3, 0.4) is 0 Å². The highest BCUT2D eigenvalue weighted by Crippen LogP contribution is 2.34. The van der Waals surface area contributed by atoms with Gasteiger partial charge in [0.25, 0.3) is 0 Å². The van der Waals surface area contributed by atoms with Crippen LogP contribution in [0.5, 0.6) is 11.5 Å². The van der Waals surface area contributed by atoms with Crippen molar-refractivity contribution in [3.63, 3.8) is 0 Å². The monoisotopic (exact) mass is 190 g/mol. The van der Waals surface area contributed by atoms with E-state index in [0.717, 1.165) is 17.9 Å². The zero-order valence-corrected chi connectivity index (χ0v) is 7.56. The summed E-state index contributed by atoms with van der Waals surface area (Å²) in [4.78, 5) is 0. The highest BCUT2D eigenvalue weighted by atomic mass is 16.7. The van der Waals surface area contributed by atoms with E-state index in [4.69, 9.17) is 9.47 Å². The molecule has 0 spiro atoms. The second kappa shape index (κ2) is 2.90. The first-order valence-corrected chi connectivity index (χ1v) is 4.60. The minimum absolute atomic E-state index is 0.282. The highest BCUT2D eigenvalue weighted by molar-refractivity contribution is 5.61. The molecule has 4 nitrogen and oxygen atoms in total. The Morgan fingerprint density at radius 3 is 3.07 bits per heavy atom. The molecular formula is C10H10N2O2. The Bertz CT molecular complexity index is 382. The first-order valence-electron chi connectivity index (χ1n) is 4.60. The van der Waals surface area contributed by atoms with Gasteiger partial charge in [-0.1, -0.05) is 6.07 Å². The van der Waals surface area contributed by atoms with Crippen molar-refractivity contribution in [3.05, 3.63) is 23.8 Å². The van der Waals surface area contributed by atoms with Crippen molar-refractivity contribution in [2.24, 2.45) is 5.10 Å². The second-order valence-corrected chi connectivity index (χ2v) is 3.34. The summed E-state index contributed by atoms with van der Waals surface area (Å²) in [6.07, 6.45) is 2.81. The molecule has 0 saturated heterocycles. The number of nitrogens with one attached hydrogen (secondary N) is 1. The number of benzene rings is 1. The van der Waals surface area contributed by atoms with Gasteiger partial charge in [0.15, 0.2) is 11.5 Å². The van der Waals surface area contributed by atoms with Crippen LogP contribution in [-0.4, -0.2) is 13.0 Å². The highest BCUT2D eigenvalue weighted by Gasteiger charge is 2.18. The molecule has 1 N–H and O–H groups in total. The molecule has 0 bridgehead atoms. The molecule has 0 amide bonds. The molecule has 1 aromatic carbocycles. The lowest BCUT2D eigenvalue weighted by molar-refractivity contribution is 0.174. The van der Waals surface area contributed by atoms with Crippen molar-refractivity contribution in [1.82, 2.24) is 5.43 Å². The SMILES string of the molecule is C1=NNC(c2ccc3c(c2)OCO3)C1. The number of nitrogens with zero attached hydrogens (tertiary/aromatic N) is 1. The number of ether oxygens (including phenoxy) is 2. The Hall–Kier alpha value is -1.71. The number of hydrazone groups is 1. The molecule has 1 aromatic rings. The first-order chi connectivity index (χ1) is 6.93. The molecule has 72 valence electrons. The summed E-state index contributed by atoms with van der Waals surface area (Å²) in [6.45, 7) is 0.327. The molecule has 2 aliphatic heterocycles. The van der Waals surface area contributed by atoms with Gasteiger partial charge in [0.05, 0.1) is 6.04 Å². The van der Waals surface area contributed by atoms with Crippen LogP contribution in [0.1, 0.15) is 18.0 Å². The van der Waals surface area contributed by atoms with Crippen LogP contribution in [0.15, 0.2) is 23.3 Å². The number of fused-ring (bicyclic) bond motifs is 1. The second-order valence-electron chi connectivity index (χ2n) is 3.34. The lowest BCUT2D eigenvalue weighted by Gasteiger charge is -2.10. The van der Waals surface area contributed by atoms with E-state index >= 15 is 0 Å². The van der Waals surface area contributed by atoms with Gasteiger partial charge in [0, 0.05) is 12.6 Å². The Morgan fingerprint density at radius 1 is 1.29 bits per heavy atom. The van der Waals surface area contributed by atoms with Gasteiger partial charge in [0.2, 0.25) is 6.79 Å². The summed E-state index contributed by atoms with van der Waals surface area (Å²) < 4.78 is 10.6. The minimum Gasteiger partial charge on any atom is -0.454 e. The largest absolute Gasteiger partial charge is 0.454 e. The third-order valence-electron chi connectivity index (χ3n) is 2.46. The topological polar surface area (TPSA) is 42.9 Å². The Labute approximate surface area is 81.5 Å². The fraction of sp³-hybridized carbons (Fsp3) is 0.300. The summed E-state index contributed by atoms with van der Waals surface area (Å²) in [6, 6.07) is 6.27. The van der Waals surface area contributed by atoms with E-state index < -0.39 is 0 Å². The Morgan fingerprint density at radius 2 is 2.21 bits per heavy atom. The van der Waals surface area contributed by atoms with E-state index in [9.17, 15) is 0 Å². The molecule has 14 heavy (non-hydrogen) atoms. The zero-order valence-electron chi connectivity index (χ0n) is 7.56. The fourth-order valence-corrected chi connectivity index (χ4v) is 1.69. The molecule has 0 aromatic heterocycles. The van der Waals surface area contributed by atoms with Crippen molar-refractivity contribution in [1.29, 1.82) is 0 Å². The van der Waals surface area contributed by atoms with Crippen LogP contribution in [0.25, 0.3) is 0 Å². The summed E-state index contributed by atoms with van der Waals surface area (Å²) in [5, 5.41) is 3.99. The molecule has 0 radical (unpaired) electrons. The van der Waals surface area contributed by atoms with Gasteiger partial charge in [-0.05, 0) is 17.7 Å². The maximum Gasteiger partial charge on any atom is 0.231 e. The molecule has 2 aliphatic rings. The van der Waals surface area contributed by atoms with E-state index in [2.05, 4.69) is 10.5 Å². The predicted molar refractivity (Wildman–Crippen MR) is 51.6 cm³/mol. The molecule has 1 atom stereocenters. The first kappa shape index (κ1) is 7.67. The molecule has 0 saturated carbocycles. The average Bonchev–Trinajstić information content (AvgIpc) is 2.88. The minimum atomic E-state index is 0.282. The van der Waals surface area contributed by atoms with E-state index in [-0.39, 0.29) is 6.04 Å². The van der Waals surface area contributed by atoms with Crippen LogP contribution in [0.2, 0.25) is 0 Å². The quantitative estimate of drug-likeness (QED) is 0.728. The van der Waals surface area contributed by atoms with Crippen molar-refractivity contribution < 1.29 is 9.47 Å². The van der Waals surface area contributed by atoms with E-state index in [1.165, 1.54) is 5.56 Å². The maximum absolute atomic E-state index is 5.31. The van der Waals surface area contributed by atoms with Gasteiger partial charge in [0.1, 0.15) is 0 Å². The third-order valence-corrected chi connectivity index (χ3v) is 2.46. The maximum atomic E-state index is 5.31. The van der Waals surface area contributed by atoms with Crippen LogP contribution in [0.4, 0.5) is 0 Å². The fourth-order valence-electron chi connectivity index (χ4n) is 1.69. The summed E-state index contributed by atoms with van der Waals surface area (Å²) >= 11 is 0. The van der Waals surface area contributed by atoms with Gasteiger partial charge >= 0.3 is 0 Å². The standard InChI is InChI=1S/C10H10N2O2/c1-2-9-10(14-6-13-9)5-7(1)8-3-4-11-12-8/h1-2,4-5,8,12H,3,6H2. The Kier molecular flexibility index (Phi) is 1.59. The van der Waals surface area contributed by atoms with Gasteiger partial charge < -0.3 is 14.9 Å². The van der Waals surface area contributed by atoms with Crippen molar-refractivity contribution in [3.8, 4) is 11.5 Å². The van der Waals surface area contributed by atoms with E-state index in [1.807, 2.05) is 24.4 Å². The molecule has 0 fully saturated rings. The molecular weight excluding hydrogens is 180 g/mol.